The fraction of sp³-hybridized carbons (Fsp3) is 0.143. The summed E-state index contributed by atoms with van der Waals surface area (Å²) in [6, 6.07) is 11.0. The van der Waals surface area contributed by atoms with Crippen molar-refractivity contribution in [1.29, 1.82) is 0 Å². The number of carbonyl (C=O) groups is 1. The van der Waals surface area contributed by atoms with Crippen LogP contribution in [0, 0.1) is 6.92 Å². The van der Waals surface area contributed by atoms with Crippen molar-refractivity contribution in [3.8, 4) is 0 Å². The highest BCUT2D eigenvalue weighted by Crippen LogP contribution is 2.16. The van der Waals surface area contributed by atoms with E-state index in [1.807, 2.05) is 31.2 Å². The molecule has 0 radical (unpaired) electrons. The zero-order chi connectivity index (χ0) is 13.8. The van der Waals surface area contributed by atoms with Crippen molar-refractivity contribution >= 4 is 17.4 Å². The van der Waals surface area contributed by atoms with E-state index in [-0.39, 0.29) is 0 Å². The second-order valence-electron chi connectivity index (χ2n) is 4.27. The summed E-state index contributed by atoms with van der Waals surface area (Å²) in [6.45, 7) is 2.34. The molecule has 5 heteroatoms. The number of carbonyl (C=O) groups excluding carboxylic acids is 1. The Balaban J connectivity index is 2.22. The number of hydrogen-bond donors (Lipinski definition) is 3. The monoisotopic (exact) mass is 256 g/mol. The summed E-state index contributed by atoms with van der Waals surface area (Å²) in [7, 11) is 0. The van der Waals surface area contributed by atoms with Gasteiger partial charge in [-0.1, -0.05) is 18.2 Å². The molecule has 1 aromatic carbocycles. The van der Waals surface area contributed by atoms with Gasteiger partial charge in [0.1, 0.15) is 5.82 Å². The zero-order valence-corrected chi connectivity index (χ0v) is 10.7. The number of nitrogen functional groups attached to an aromatic ring is 1. The summed E-state index contributed by atoms with van der Waals surface area (Å²) in [5.74, 6) is -0.0215. The first-order valence-corrected chi connectivity index (χ1v) is 5.92. The molecule has 0 bridgehead atoms. The Bertz CT molecular complexity index is 610. The second kappa shape index (κ2) is 5.39. The highest BCUT2D eigenvalue weighted by molar-refractivity contribution is 5.97. The molecule has 5 N–H and O–H groups in total. The average molecular weight is 256 g/mol. The molecule has 5 nitrogen and oxygen atoms in total. The third-order valence-corrected chi connectivity index (χ3v) is 2.80. The van der Waals surface area contributed by atoms with Gasteiger partial charge in [0.2, 0.25) is 0 Å². The maximum atomic E-state index is 11.3. The van der Waals surface area contributed by atoms with E-state index in [4.69, 9.17) is 11.5 Å². The smallest absolute Gasteiger partial charge is 0.252 e. The first-order chi connectivity index (χ1) is 9.08. The number of nitrogens with one attached hydrogen (secondary N) is 1. The maximum absolute atomic E-state index is 11.3. The van der Waals surface area contributed by atoms with Crippen LogP contribution in [-0.2, 0) is 6.54 Å². The van der Waals surface area contributed by atoms with Crippen LogP contribution < -0.4 is 16.8 Å². The van der Waals surface area contributed by atoms with Gasteiger partial charge in [0.15, 0.2) is 0 Å². The Morgan fingerprint density at radius 1 is 1.26 bits per heavy atom. The predicted octanol–water partition coefficient (Wildman–Crippen LogP) is 1.68. The van der Waals surface area contributed by atoms with Crippen molar-refractivity contribution in [3.63, 3.8) is 0 Å². The largest absolute Gasteiger partial charge is 0.398 e. The number of primary amides is 1. The second-order valence-corrected chi connectivity index (χ2v) is 4.27. The van der Waals surface area contributed by atoms with E-state index in [1.54, 1.807) is 12.1 Å². The maximum Gasteiger partial charge on any atom is 0.252 e. The molecule has 0 aliphatic carbocycles. The van der Waals surface area contributed by atoms with E-state index >= 15 is 0 Å². The molecule has 0 fully saturated rings. The number of aryl methyl sites for hydroxylation is 1. The average Bonchev–Trinajstić information content (AvgIpc) is 2.37. The summed E-state index contributed by atoms with van der Waals surface area (Å²) >= 11 is 0. The van der Waals surface area contributed by atoms with Gasteiger partial charge in [0, 0.05) is 17.9 Å². The Labute approximate surface area is 111 Å². The predicted molar refractivity (Wildman–Crippen MR) is 75.7 cm³/mol. The van der Waals surface area contributed by atoms with Gasteiger partial charge in [0.05, 0.1) is 5.56 Å². The van der Waals surface area contributed by atoms with Crippen molar-refractivity contribution in [3.05, 3.63) is 53.2 Å². The molecule has 0 spiro atoms. The number of hydrogen-bond acceptors (Lipinski definition) is 4. The van der Waals surface area contributed by atoms with E-state index in [2.05, 4.69) is 10.3 Å². The van der Waals surface area contributed by atoms with Crippen molar-refractivity contribution in [2.24, 2.45) is 5.73 Å². The molecule has 1 amide bonds. The number of pyridine rings is 1. The van der Waals surface area contributed by atoms with Gasteiger partial charge in [-0.3, -0.25) is 4.79 Å². The van der Waals surface area contributed by atoms with E-state index < -0.39 is 5.91 Å². The highest BCUT2D eigenvalue weighted by Gasteiger charge is 2.09. The molecule has 0 saturated carbocycles. The van der Waals surface area contributed by atoms with Crippen LogP contribution in [0.3, 0.4) is 0 Å². The van der Waals surface area contributed by atoms with Crippen LogP contribution in [0.15, 0.2) is 36.4 Å². The Kier molecular flexibility index (Phi) is 3.66. The number of nitrogens with two attached hydrogens (primary N) is 2. The number of aromatic nitrogens is 1. The lowest BCUT2D eigenvalue weighted by atomic mass is 10.1. The van der Waals surface area contributed by atoms with Crippen molar-refractivity contribution in [1.82, 2.24) is 4.98 Å². The van der Waals surface area contributed by atoms with Crippen molar-refractivity contribution < 1.29 is 4.79 Å². The molecule has 0 atom stereocenters. The molecule has 0 aliphatic rings. The number of anilines is 2. The molecular weight excluding hydrogens is 240 g/mol. The van der Waals surface area contributed by atoms with Crippen molar-refractivity contribution in [2.75, 3.05) is 11.1 Å². The third-order valence-electron chi connectivity index (χ3n) is 2.80. The molecule has 98 valence electrons. The minimum Gasteiger partial charge on any atom is -0.398 e. The topological polar surface area (TPSA) is 94.0 Å². The zero-order valence-electron chi connectivity index (χ0n) is 10.7. The van der Waals surface area contributed by atoms with Crippen LogP contribution in [0.1, 0.15) is 21.6 Å². The number of rotatable bonds is 4. The van der Waals surface area contributed by atoms with Crippen LogP contribution >= 0.6 is 0 Å². The molecule has 0 unspecified atom stereocenters. The van der Waals surface area contributed by atoms with Crippen LogP contribution in [0.2, 0.25) is 0 Å². The minimum atomic E-state index is -0.504. The first kappa shape index (κ1) is 12.9. The number of para-hydroxylation sites is 1. The molecule has 0 aliphatic heterocycles. The summed E-state index contributed by atoms with van der Waals surface area (Å²) in [6.07, 6.45) is 0. The van der Waals surface area contributed by atoms with Crippen LogP contribution in [0.4, 0.5) is 11.5 Å². The highest BCUT2D eigenvalue weighted by atomic mass is 16.1. The third kappa shape index (κ3) is 3.01. The molecule has 1 aromatic heterocycles. The Morgan fingerprint density at radius 3 is 2.68 bits per heavy atom. The first-order valence-electron chi connectivity index (χ1n) is 5.92. The van der Waals surface area contributed by atoms with Crippen LogP contribution in [-0.4, -0.2) is 10.9 Å². The fourth-order valence-corrected chi connectivity index (χ4v) is 1.76. The molecule has 2 aromatic rings. The summed E-state index contributed by atoms with van der Waals surface area (Å²) in [4.78, 5) is 15.6. The summed E-state index contributed by atoms with van der Waals surface area (Å²) in [5, 5.41) is 3.10. The minimum absolute atomic E-state index is 0.375. The van der Waals surface area contributed by atoms with Gasteiger partial charge in [0.25, 0.3) is 5.91 Å². The van der Waals surface area contributed by atoms with Gasteiger partial charge < -0.3 is 16.8 Å². The molecular formula is C14H16N4O. The van der Waals surface area contributed by atoms with E-state index in [0.29, 0.717) is 23.6 Å². The lowest BCUT2D eigenvalue weighted by Gasteiger charge is -2.11. The lowest BCUT2D eigenvalue weighted by molar-refractivity contribution is 0.100. The number of amides is 1. The van der Waals surface area contributed by atoms with Crippen LogP contribution in [0.5, 0.6) is 0 Å². The van der Waals surface area contributed by atoms with E-state index in [1.165, 1.54) is 0 Å². The van der Waals surface area contributed by atoms with E-state index in [0.717, 1.165) is 11.3 Å². The normalized spacial score (nSPS) is 10.2. The van der Waals surface area contributed by atoms with Gasteiger partial charge in [-0.2, -0.15) is 0 Å². The number of benzene rings is 1. The van der Waals surface area contributed by atoms with Gasteiger partial charge in [-0.15, -0.1) is 0 Å². The quantitative estimate of drug-likeness (QED) is 0.725. The fourth-order valence-electron chi connectivity index (χ4n) is 1.76. The van der Waals surface area contributed by atoms with Gasteiger partial charge >= 0.3 is 0 Å². The molecule has 19 heavy (non-hydrogen) atoms. The molecule has 1 heterocycles. The number of nitrogens with zero attached hydrogens (tertiary/aromatic N) is 1. The summed E-state index contributed by atoms with van der Waals surface area (Å²) < 4.78 is 0. The van der Waals surface area contributed by atoms with Gasteiger partial charge in [-0.25, -0.2) is 4.98 Å². The summed E-state index contributed by atoms with van der Waals surface area (Å²) in [5.41, 5.74) is 14.0. The van der Waals surface area contributed by atoms with Crippen molar-refractivity contribution in [2.45, 2.75) is 13.5 Å². The van der Waals surface area contributed by atoms with E-state index in [9.17, 15) is 4.79 Å². The Hall–Kier alpha value is -2.56. The SMILES string of the molecule is Cc1ccc(C(N)=O)c(NCc2ccccc2N)n1. The lowest BCUT2D eigenvalue weighted by Crippen LogP contribution is -2.16. The molecule has 0 saturated heterocycles. The Morgan fingerprint density at radius 2 is 2.00 bits per heavy atom. The van der Waals surface area contributed by atoms with Gasteiger partial charge in [-0.05, 0) is 30.7 Å². The molecule has 2 rings (SSSR count). The van der Waals surface area contributed by atoms with Crippen LogP contribution in [0.25, 0.3) is 0 Å². The standard InChI is InChI=1S/C14H16N4O/c1-9-6-7-11(13(16)19)14(18-9)17-8-10-4-2-3-5-12(10)15/h2-7H,8,15H2,1H3,(H2,16,19)(H,17,18).